The Bertz CT molecular complexity index is 931. The van der Waals surface area contributed by atoms with Crippen molar-refractivity contribution in [2.45, 2.75) is 6.92 Å². The number of hydrogen-bond donors (Lipinski definition) is 2. The van der Waals surface area contributed by atoms with Crippen LogP contribution in [0.15, 0.2) is 35.4 Å². The molecule has 22 heavy (non-hydrogen) atoms. The van der Waals surface area contributed by atoms with Crippen molar-refractivity contribution < 1.29 is 14.3 Å². The Morgan fingerprint density at radius 1 is 1.36 bits per heavy atom. The molecule has 1 aromatic carbocycles. The monoisotopic (exact) mass is 319 g/mol. The van der Waals surface area contributed by atoms with Gasteiger partial charge in [0.1, 0.15) is 21.9 Å². The minimum Gasteiger partial charge on any atom is -0.477 e. The van der Waals surface area contributed by atoms with Crippen molar-refractivity contribution in [1.82, 2.24) is 9.66 Å². The van der Waals surface area contributed by atoms with Gasteiger partial charge in [-0.1, -0.05) is 0 Å². The molecule has 0 aliphatic rings. The first-order valence-electron chi connectivity index (χ1n) is 6.24. The SMILES string of the molecule is Cc1c(C(=O)O)sc2ncn(Nc3ccc(F)cc3)c(=O)c12. The zero-order valence-corrected chi connectivity index (χ0v) is 12.1. The van der Waals surface area contributed by atoms with Crippen molar-refractivity contribution in [1.29, 1.82) is 0 Å². The predicted octanol–water partition coefficient (Wildman–Crippen LogP) is 2.48. The number of nitrogens with zero attached hydrogens (tertiary/aromatic N) is 2. The average molecular weight is 319 g/mol. The van der Waals surface area contributed by atoms with E-state index >= 15 is 0 Å². The molecule has 0 atom stereocenters. The molecule has 8 heteroatoms. The maximum Gasteiger partial charge on any atom is 0.346 e. The Morgan fingerprint density at radius 3 is 2.68 bits per heavy atom. The average Bonchev–Trinajstić information content (AvgIpc) is 2.82. The number of benzene rings is 1. The van der Waals surface area contributed by atoms with Crippen LogP contribution in [-0.4, -0.2) is 20.7 Å². The number of fused-ring (bicyclic) bond motifs is 1. The molecule has 2 heterocycles. The van der Waals surface area contributed by atoms with Gasteiger partial charge < -0.3 is 5.11 Å². The van der Waals surface area contributed by atoms with Crippen molar-refractivity contribution in [3.8, 4) is 0 Å². The fourth-order valence-corrected chi connectivity index (χ4v) is 3.05. The molecule has 112 valence electrons. The van der Waals surface area contributed by atoms with Gasteiger partial charge in [0.2, 0.25) is 0 Å². The van der Waals surface area contributed by atoms with Gasteiger partial charge in [0.05, 0.1) is 11.1 Å². The number of halogens is 1. The van der Waals surface area contributed by atoms with Crippen LogP contribution in [0.2, 0.25) is 0 Å². The second kappa shape index (κ2) is 5.23. The predicted molar refractivity (Wildman–Crippen MR) is 81.0 cm³/mol. The van der Waals surface area contributed by atoms with Crippen molar-refractivity contribution in [3.05, 3.63) is 57.2 Å². The molecule has 2 aromatic heterocycles. The Balaban J connectivity index is 2.10. The van der Waals surface area contributed by atoms with Gasteiger partial charge in [-0.2, -0.15) is 0 Å². The lowest BCUT2D eigenvalue weighted by molar-refractivity contribution is 0.0701. The normalized spacial score (nSPS) is 10.8. The quantitative estimate of drug-likeness (QED) is 0.775. The molecule has 0 aliphatic carbocycles. The summed E-state index contributed by atoms with van der Waals surface area (Å²) in [6.07, 6.45) is 1.27. The van der Waals surface area contributed by atoms with Crippen LogP contribution in [0.25, 0.3) is 10.2 Å². The van der Waals surface area contributed by atoms with Crippen LogP contribution in [0.5, 0.6) is 0 Å². The third kappa shape index (κ3) is 2.33. The molecule has 0 aliphatic heterocycles. The fraction of sp³-hybridized carbons (Fsp3) is 0.0714. The molecular weight excluding hydrogens is 309 g/mol. The van der Waals surface area contributed by atoms with Crippen LogP contribution in [0.3, 0.4) is 0 Å². The highest BCUT2D eigenvalue weighted by atomic mass is 32.1. The molecule has 3 aromatic rings. The first-order chi connectivity index (χ1) is 10.5. The minimum atomic E-state index is -1.09. The fourth-order valence-electron chi connectivity index (χ4n) is 2.07. The first kappa shape index (κ1) is 14.2. The summed E-state index contributed by atoms with van der Waals surface area (Å²) in [6, 6.07) is 5.49. The number of carbonyl (C=O) groups is 1. The minimum absolute atomic E-state index is 0.0964. The molecule has 0 unspecified atom stereocenters. The van der Waals surface area contributed by atoms with Crippen molar-refractivity contribution in [2.24, 2.45) is 0 Å². The lowest BCUT2D eigenvalue weighted by Gasteiger charge is -2.08. The van der Waals surface area contributed by atoms with Crippen LogP contribution < -0.4 is 11.0 Å². The van der Waals surface area contributed by atoms with Gasteiger partial charge in [-0.3, -0.25) is 10.2 Å². The van der Waals surface area contributed by atoms with Crippen LogP contribution in [0, 0.1) is 12.7 Å². The molecule has 0 spiro atoms. The lowest BCUT2D eigenvalue weighted by atomic mass is 10.2. The highest BCUT2D eigenvalue weighted by molar-refractivity contribution is 7.20. The third-order valence-electron chi connectivity index (χ3n) is 3.14. The summed E-state index contributed by atoms with van der Waals surface area (Å²) in [7, 11) is 0. The van der Waals surface area contributed by atoms with Crippen molar-refractivity contribution in [2.75, 3.05) is 5.43 Å². The molecule has 0 saturated heterocycles. The third-order valence-corrected chi connectivity index (χ3v) is 4.33. The molecule has 2 N–H and O–H groups in total. The van der Waals surface area contributed by atoms with E-state index in [1.165, 1.54) is 30.6 Å². The summed E-state index contributed by atoms with van der Waals surface area (Å²) in [4.78, 5) is 28.2. The molecule has 0 radical (unpaired) electrons. The van der Waals surface area contributed by atoms with Gasteiger partial charge >= 0.3 is 5.97 Å². The largest absolute Gasteiger partial charge is 0.477 e. The number of rotatable bonds is 3. The Hall–Kier alpha value is -2.74. The number of carboxylic acid groups (broad SMARTS) is 1. The van der Waals surface area contributed by atoms with E-state index in [4.69, 9.17) is 5.11 Å². The van der Waals surface area contributed by atoms with Gasteiger partial charge in [-0.05, 0) is 36.8 Å². The number of aromatic nitrogens is 2. The van der Waals surface area contributed by atoms with Crippen LogP contribution in [0.1, 0.15) is 15.2 Å². The molecule has 0 fully saturated rings. The topological polar surface area (TPSA) is 84.2 Å². The van der Waals surface area contributed by atoms with Gasteiger partial charge in [0, 0.05) is 0 Å². The highest BCUT2D eigenvalue weighted by Gasteiger charge is 2.18. The maximum absolute atomic E-state index is 12.9. The second-order valence-electron chi connectivity index (χ2n) is 4.58. The van der Waals surface area contributed by atoms with E-state index in [0.717, 1.165) is 16.0 Å². The van der Waals surface area contributed by atoms with Crippen molar-refractivity contribution in [3.63, 3.8) is 0 Å². The van der Waals surface area contributed by atoms with E-state index in [-0.39, 0.29) is 16.1 Å². The first-order valence-corrected chi connectivity index (χ1v) is 7.05. The number of hydrogen-bond acceptors (Lipinski definition) is 5. The second-order valence-corrected chi connectivity index (χ2v) is 5.58. The Kier molecular flexibility index (Phi) is 3.38. The standard InChI is InChI=1S/C14H10FN3O3S/c1-7-10-12(22-11(7)14(20)21)16-6-18(13(10)19)17-9-4-2-8(15)3-5-9/h2-6,17H,1H3,(H,20,21). The number of anilines is 1. The van der Waals surface area contributed by atoms with E-state index in [9.17, 15) is 14.0 Å². The van der Waals surface area contributed by atoms with Crippen molar-refractivity contribution >= 4 is 33.2 Å². The van der Waals surface area contributed by atoms with Gasteiger partial charge in [0.25, 0.3) is 5.56 Å². The molecule has 0 saturated carbocycles. The maximum atomic E-state index is 12.9. The molecule has 3 rings (SSSR count). The number of nitrogens with one attached hydrogen (secondary N) is 1. The molecule has 0 bridgehead atoms. The summed E-state index contributed by atoms with van der Waals surface area (Å²) in [6.45, 7) is 1.58. The van der Waals surface area contributed by atoms with Gasteiger partial charge in [-0.15, -0.1) is 11.3 Å². The lowest BCUT2D eigenvalue weighted by Crippen LogP contribution is -2.26. The highest BCUT2D eigenvalue weighted by Crippen LogP contribution is 2.26. The van der Waals surface area contributed by atoms with Crippen LogP contribution in [0.4, 0.5) is 10.1 Å². The van der Waals surface area contributed by atoms with E-state index in [1.54, 1.807) is 6.92 Å². The van der Waals surface area contributed by atoms with Gasteiger partial charge in [-0.25, -0.2) is 18.8 Å². The smallest absolute Gasteiger partial charge is 0.346 e. The number of aromatic carboxylic acids is 1. The summed E-state index contributed by atoms with van der Waals surface area (Å²) in [5.41, 5.74) is 3.28. The summed E-state index contributed by atoms with van der Waals surface area (Å²) < 4.78 is 14.0. The van der Waals surface area contributed by atoms with Crippen LogP contribution in [-0.2, 0) is 0 Å². The van der Waals surface area contributed by atoms with E-state index < -0.39 is 11.5 Å². The Labute approximate surface area is 127 Å². The zero-order chi connectivity index (χ0) is 15.9. The molecule has 6 nitrogen and oxygen atoms in total. The summed E-state index contributed by atoms with van der Waals surface area (Å²) in [5, 5.41) is 9.37. The van der Waals surface area contributed by atoms with E-state index in [2.05, 4.69) is 10.4 Å². The number of carboxylic acids is 1. The summed E-state index contributed by atoms with van der Waals surface area (Å²) >= 11 is 0.962. The number of aryl methyl sites for hydroxylation is 1. The van der Waals surface area contributed by atoms with Crippen LogP contribution >= 0.6 is 11.3 Å². The van der Waals surface area contributed by atoms with E-state index in [1.807, 2.05) is 0 Å². The zero-order valence-electron chi connectivity index (χ0n) is 11.3. The summed E-state index contributed by atoms with van der Waals surface area (Å²) in [5.74, 6) is -1.47. The van der Waals surface area contributed by atoms with E-state index in [0.29, 0.717) is 16.1 Å². The Morgan fingerprint density at radius 2 is 2.05 bits per heavy atom. The number of thiophene rings is 1. The van der Waals surface area contributed by atoms with Gasteiger partial charge in [0.15, 0.2) is 0 Å². The molecule has 0 amide bonds. The molecular formula is C14H10FN3O3S.